The van der Waals surface area contributed by atoms with Crippen LogP contribution >= 0.6 is 0 Å². The van der Waals surface area contributed by atoms with E-state index in [1.807, 2.05) is 18.2 Å². The number of para-hydroxylation sites is 1. The van der Waals surface area contributed by atoms with Crippen LogP contribution in [0.1, 0.15) is 5.56 Å². The summed E-state index contributed by atoms with van der Waals surface area (Å²) in [7, 11) is 1.56. The van der Waals surface area contributed by atoms with Gasteiger partial charge in [-0.2, -0.15) is 0 Å². The summed E-state index contributed by atoms with van der Waals surface area (Å²) in [5, 5.41) is 0.446. The van der Waals surface area contributed by atoms with Crippen molar-refractivity contribution in [1.82, 2.24) is 0 Å². The van der Waals surface area contributed by atoms with Crippen molar-refractivity contribution in [2.24, 2.45) is 0 Å². The average Bonchev–Trinajstić information content (AvgIpc) is 2.72. The summed E-state index contributed by atoms with van der Waals surface area (Å²) in [5.41, 5.74) is 2.08. The van der Waals surface area contributed by atoms with Gasteiger partial charge in [0.2, 0.25) is 5.43 Å². The molecule has 1 heterocycles. The summed E-state index contributed by atoms with van der Waals surface area (Å²) < 4.78 is 30.0. The lowest BCUT2D eigenvalue weighted by Gasteiger charge is -2.09. The molecule has 0 bridgehead atoms. The summed E-state index contributed by atoms with van der Waals surface area (Å²) in [5.74, 6) is 0.823. The summed E-state index contributed by atoms with van der Waals surface area (Å²) >= 11 is 0. The second-order valence-corrected chi connectivity index (χ2v) is 6.26. The van der Waals surface area contributed by atoms with E-state index >= 15 is 0 Å². The van der Waals surface area contributed by atoms with Crippen molar-refractivity contribution in [1.29, 1.82) is 0 Å². The molecule has 4 nitrogen and oxygen atoms in total. The molecule has 140 valence electrons. The van der Waals surface area contributed by atoms with Gasteiger partial charge < -0.3 is 13.9 Å². The van der Waals surface area contributed by atoms with Crippen LogP contribution in [0.25, 0.3) is 22.1 Å². The van der Waals surface area contributed by atoms with Gasteiger partial charge >= 0.3 is 0 Å². The molecule has 4 aromatic rings. The highest BCUT2D eigenvalue weighted by molar-refractivity contribution is 5.83. The van der Waals surface area contributed by atoms with E-state index in [-0.39, 0.29) is 17.9 Å². The molecule has 0 unspecified atom stereocenters. The Labute approximate surface area is 160 Å². The number of methoxy groups -OCH3 is 1. The maximum absolute atomic E-state index is 13.3. The Morgan fingerprint density at radius 2 is 1.82 bits per heavy atom. The third kappa shape index (κ3) is 3.47. The van der Waals surface area contributed by atoms with Crippen LogP contribution in [0.2, 0.25) is 0 Å². The van der Waals surface area contributed by atoms with Gasteiger partial charge in [-0.3, -0.25) is 4.79 Å². The van der Waals surface area contributed by atoms with Crippen molar-refractivity contribution >= 4 is 11.0 Å². The normalized spacial score (nSPS) is 10.8. The Morgan fingerprint density at radius 1 is 0.964 bits per heavy atom. The van der Waals surface area contributed by atoms with E-state index in [0.29, 0.717) is 39.2 Å². The van der Waals surface area contributed by atoms with E-state index in [2.05, 4.69) is 0 Å². The molecular formula is C23H17FO4. The van der Waals surface area contributed by atoms with Crippen molar-refractivity contribution in [3.8, 4) is 22.6 Å². The van der Waals surface area contributed by atoms with Crippen LogP contribution in [0.5, 0.6) is 11.5 Å². The second kappa shape index (κ2) is 7.56. The van der Waals surface area contributed by atoms with Crippen LogP contribution in [-0.4, -0.2) is 7.11 Å². The molecule has 0 saturated heterocycles. The van der Waals surface area contributed by atoms with Crippen LogP contribution in [-0.2, 0) is 6.61 Å². The van der Waals surface area contributed by atoms with E-state index in [1.54, 1.807) is 43.5 Å². The standard InChI is InChI=1S/C23H17FO4/c1-26-21-8-3-2-7-18(21)20-14-28-22-12-17(9-10-19(22)23(20)25)27-13-15-5-4-6-16(24)11-15/h2-12,14H,13H2,1H3. The summed E-state index contributed by atoms with van der Waals surface area (Å²) in [6.07, 6.45) is 1.43. The Kier molecular flexibility index (Phi) is 4.81. The molecule has 0 fully saturated rings. The van der Waals surface area contributed by atoms with E-state index in [0.717, 1.165) is 0 Å². The topological polar surface area (TPSA) is 48.7 Å². The SMILES string of the molecule is COc1ccccc1-c1coc2cc(OCc3cccc(F)c3)ccc2c1=O. The third-order valence-corrected chi connectivity index (χ3v) is 4.44. The quantitative estimate of drug-likeness (QED) is 0.481. The van der Waals surface area contributed by atoms with E-state index < -0.39 is 0 Å². The number of rotatable bonds is 5. The second-order valence-electron chi connectivity index (χ2n) is 6.26. The van der Waals surface area contributed by atoms with Crippen LogP contribution < -0.4 is 14.9 Å². The van der Waals surface area contributed by atoms with Gasteiger partial charge in [-0.1, -0.05) is 30.3 Å². The van der Waals surface area contributed by atoms with Gasteiger partial charge in [0, 0.05) is 11.6 Å². The van der Waals surface area contributed by atoms with Gasteiger partial charge in [0.25, 0.3) is 0 Å². The van der Waals surface area contributed by atoms with Gasteiger partial charge in [-0.15, -0.1) is 0 Å². The minimum atomic E-state index is -0.311. The molecule has 0 atom stereocenters. The fourth-order valence-corrected chi connectivity index (χ4v) is 3.04. The maximum atomic E-state index is 13.3. The largest absolute Gasteiger partial charge is 0.496 e. The molecule has 0 aliphatic carbocycles. The zero-order valence-electron chi connectivity index (χ0n) is 15.1. The highest BCUT2D eigenvalue weighted by Crippen LogP contribution is 2.29. The first-order valence-corrected chi connectivity index (χ1v) is 8.72. The van der Waals surface area contributed by atoms with Crippen LogP contribution in [0, 0.1) is 5.82 Å². The van der Waals surface area contributed by atoms with Gasteiger partial charge in [0.05, 0.1) is 18.1 Å². The van der Waals surface area contributed by atoms with E-state index in [4.69, 9.17) is 13.9 Å². The smallest absolute Gasteiger partial charge is 0.200 e. The van der Waals surface area contributed by atoms with Crippen molar-refractivity contribution in [2.45, 2.75) is 6.61 Å². The Morgan fingerprint density at radius 3 is 2.64 bits per heavy atom. The van der Waals surface area contributed by atoms with Gasteiger partial charge in [-0.25, -0.2) is 4.39 Å². The Bertz CT molecular complexity index is 1200. The molecule has 0 aliphatic heterocycles. The van der Waals surface area contributed by atoms with Crippen molar-refractivity contribution < 1.29 is 18.3 Å². The predicted octanol–water partition coefficient (Wildman–Crippen LogP) is 5.19. The zero-order valence-corrected chi connectivity index (χ0v) is 15.1. The average molecular weight is 376 g/mol. The third-order valence-electron chi connectivity index (χ3n) is 4.44. The fourth-order valence-electron chi connectivity index (χ4n) is 3.04. The predicted molar refractivity (Wildman–Crippen MR) is 105 cm³/mol. The van der Waals surface area contributed by atoms with Crippen molar-refractivity contribution in [2.75, 3.05) is 7.11 Å². The lowest BCUT2D eigenvalue weighted by atomic mass is 10.0. The monoisotopic (exact) mass is 376 g/mol. The number of ether oxygens (including phenoxy) is 2. The molecule has 0 N–H and O–H groups in total. The number of hydrogen-bond acceptors (Lipinski definition) is 4. The summed E-state index contributed by atoms with van der Waals surface area (Å²) in [4.78, 5) is 12.9. The molecule has 0 saturated carbocycles. The highest BCUT2D eigenvalue weighted by Gasteiger charge is 2.13. The summed E-state index contributed by atoms with van der Waals surface area (Å²) in [6.45, 7) is 0.215. The number of fused-ring (bicyclic) bond motifs is 1. The van der Waals surface area contributed by atoms with Gasteiger partial charge in [-0.05, 0) is 35.9 Å². The Hall–Kier alpha value is -3.60. The first-order valence-electron chi connectivity index (χ1n) is 8.72. The molecule has 0 spiro atoms. The number of hydrogen-bond donors (Lipinski definition) is 0. The lowest BCUT2D eigenvalue weighted by Crippen LogP contribution is -2.06. The van der Waals surface area contributed by atoms with Crippen LogP contribution in [0.4, 0.5) is 4.39 Å². The van der Waals surface area contributed by atoms with E-state index in [1.165, 1.54) is 18.4 Å². The molecule has 5 heteroatoms. The minimum absolute atomic E-state index is 0.151. The maximum Gasteiger partial charge on any atom is 0.200 e. The van der Waals surface area contributed by atoms with E-state index in [9.17, 15) is 9.18 Å². The molecule has 4 rings (SSSR count). The fraction of sp³-hybridized carbons (Fsp3) is 0.0870. The lowest BCUT2D eigenvalue weighted by molar-refractivity contribution is 0.305. The van der Waals surface area contributed by atoms with Crippen molar-refractivity contribution in [3.63, 3.8) is 0 Å². The highest BCUT2D eigenvalue weighted by atomic mass is 19.1. The van der Waals surface area contributed by atoms with Crippen LogP contribution in [0.3, 0.4) is 0 Å². The molecule has 0 amide bonds. The number of benzene rings is 3. The molecule has 3 aromatic carbocycles. The molecule has 0 aliphatic rings. The zero-order chi connectivity index (χ0) is 19.5. The number of halogens is 1. The molecular weight excluding hydrogens is 359 g/mol. The van der Waals surface area contributed by atoms with Crippen LogP contribution in [0.15, 0.2) is 82.2 Å². The molecule has 1 aromatic heterocycles. The first kappa shape index (κ1) is 17.8. The first-order chi connectivity index (χ1) is 13.7. The molecule has 28 heavy (non-hydrogen) atoms. The Balaban J connectivity index is 1.65. The summed E-state index contributed by atoms with van der Waals surface area (Å²) in [6, 6.07) is 18.5. The van der Waals surface area contributed by atoms with Gasteiger partial charge in [0.1, 0.15) is 35.8 Å². The minimum Gasteiger partial charge on any atom is -0.496 e. The van der Waals surface area contributed by atoms with Crippen molar-refractivity contribution in [3.05, 3.63) is 94.6 Å². The van der Waals surface area contributed by atoms with Gasteiger partial charge in [0.15, 0.2) is 0 Å². The molecule has 0 radical (unpaired) electrons.